The van der Waals surface area contributed by atoms with E-state index in [0.717, 1.165) is 36.1 Å². The Hall–Kier alpha value is -3.14. The molecule has 1 aromatic heterocycles. The maximum absolute atomic E-state index is 13.0. The van der Waals surface area contributed by atoms with Gasteiger partial charge in [-0.05, 0) is 60.2 Å². The van der Waals surface area contributed by atoms with Gasteiger partial charge in [-0.3, -0.25) is 9.78 Å². The molecule has 1 aliphatic rings. The van der Waals surface area contributed by atoms with Crippen LogP contribution in [0.3, 0.4) is 0 Å². The van der Waals surface area contributed by atoms with Gasteiger partial charge in [0, 0.05) is 24.7 Å². The van der Waals surface area contributed by atoms with Gasteiger partial charge in [0.2, 0.25) is 0 Å². The molecule has 2 aromatic carbocycles. The molecule has 0 radical (unpaired) electrons. The number of carbonyl (C=O) groups is 1. The molecule has 4 heteroatoms. The van der Waals surface area contributed by atoms with Crippen molar-refractivity contribution in [3.05, 3.63) is 94.8 Å². The van der Waals surface area contributed by atoms with Crippen molar-refractivity contribution in [1.29, 1.82) is 0 Å². The summed E-state index contributed by atoms with van der Waals surface area (Å²) in [5.41, 5.74) is 5.23. The highest BCUT2D eigenvalue weighted by Crippen LogP contribution is 2.37. The Morgan fingerprint density at radius 3 is 2.31 bits per heavy atom. The lowest BCUT2D eigenvalue weighted by Crippen LogP contribution is -2.59. The molecule has 4 nitrogen and oxygen atoms in total. The molecule has 0 bridgehead atoms. The van der Waals surface area contributed by atoms with E-state index in [9.17, 15) is 4.79 Å². The van der Waals surface area contributed by atoms with Crippen LogP contribution in [0.15, 0.2) is 66.9 Å². The molecule has 0 saturated carbocycles. The minimum atomic E-state index is -0.0435. The van der Waals surface area contributed by atoms with Crippen LogP contribution < -0.4 is 4.74 Å². The predicted molar refractivity (Wildman–Crippen MR) is 151 cm³/mol. The minimum absolute atomic E-state index is 0.0281. The first kappa shape index (κ1) is 29.1. The molecule has 1 fully saturated rings. The van der Waals surface area contributed by atoms with E-state index in [1.54, 1.807) is 6.20 Å². The van der Waals surface area contributed by atoms with Crippen LogP contribution in [0, 0.1) is 6.92 Å². The van der Waals surface area contributed by atoms with Crippen LogP contribution in [0.1, 0.15) is 87.1 Å². The molecular formula is C32H44N2O2. The Morgan fingerprint density at radius 1 is 0.972 bits per heavy atom. The number of unbranched alkanes of at least 4 members (excludes halogenated alkanes) is 1. The van der Waals surface area contributed by atoms with E-state index in [2.05, 4.69) is 56.1 Å². The van der Waals surface area contributed by atoms with Crippen molar-refractivity contribution in [2.24, 2.45) is 0 Å². The van der Waals surface area contributed by atoms with E-state index < -0.39 is 0 Å². The molecule has 1 saturated heterocycles. The van der Waals surface area contributed by atoms with Crippen molar-refractivity contribution in [2.75, 3.05) is 13.1 Å². The number of amides is 1. The quantitative estimate of drug-likeness (QED) is 0.325. The van der Waals surface area contributed by atoms with Crippen molar-refractivity contribution >= 4 is 5.91 Å². The van der Waals surface area contributed by atoms with Gasteiger partial charge in [0.25, 0.3) is 5.91 Å². The van der Waals surface area contributed by atoms with Crippen LogP contribution in [0.2, 0.25) is 0 Å². The largest absolute Gasteiger partial charge is 0.489 e. The molecular weight excluding hydrogens is 444 g/mol. The van der Waals surface area contributed by atoms with Gasteiger partial charge >= 0.3 is 0 Å². The van der Waals surface area contributed by atoms with Crippen LogP contribution in [0.4, 0.5) is 0 Å². The van der Waals surface area contributed by atoms with Gasteiger partial charge in [-0.25, -0.2) is 0 Å². The number of nitrogens with zero attached hydrogens (tertiary/aromatic N) is 2. The lowest BCUT2D eigenvalue weighted by Gasteiger charge is -2.48. The lowest BCUT2D eigenvalue weighted by molar-refractivity contribution is 0.0427. The third kappa shape index (κ3) is 7.43. The number of ether oxygens (including phenoxy) is 1. The minimum Gasteiger partial charge on any atom is -0.489 e. The summed E-state index contributed by atoms with van der Waals surface area (Å²) >= 11 is 0. The first-order valence-corrected chi connectivity index (χ1v) is 13.5. The first-order chi connectivity index (χ1) is 17.5. The van der Waals surface area contributed by atoms with E-state index in [0.29, 0.717) is 25.4 Å². The number of likely N-dealkylation sites (tertiary alicyclic amines) is 1. The Morgan fingerprint density at radius 2 is 1.67 bits per heavy atom. The van der Waals surface area contributed by atoms with Gasteiger partial charge in [0.05, 0.1) is 0 Å². The number of rotatable bonds is 8. The second-order valence-electron chi connectivity index (χ2n) is 9.13. The van der Waals surface area contributed by atoms with Gasteiger partial charge in [0.15, 0.2) is 0 Å². The zero-order valence-corrected chi connectivity index (χ0v) is 23.3. The van der Waals surface area contributed by atoms with Crippen LogP contribution >= 0.6 is 0 Å². The summed E-state index contributed by atoms with van der Waals surface area (Å²) < 4.78 is 6.03. The molecule has 0 N–H and O–H groups in total. The highest BCUT2D eigenvalue weighted by atomic mass is 16.5. The summed E-state index contributed by atoms with van der Waals surface area (Å²) in [6, 6.07) is 20.6. The lowest BCUT2D eigenvalue weighted by atomic mass is 9.75. The van der Waals surface area contributed by atoms with Crippen molar-refractivity contribution in [3.8, 4) is 5.75 Å². The Kier molecular flexibility index (Phi) is 11.7. The molecule has 4 rings (SSSR count). The van der Waals surface area contributed by atoms with Crippen molar-refractivity contribution in [3.63, 3.8) is 0 Å². The number of benzene rings is 2. The SMILES string of the molecule is CC.CC.CCCCc1ccnc(C(=O)N2CC(C)(c3ccc(OCc4ccccc4)c(C)c3)C2)c1. The summed E-state index contributed by atoms with van der Waals surface area (Å²) in [6.45, 7) is 16.5. The predicted octanol–water partition coefficient (Wildman–Crippen LogP) is 7.78. The number of carbonyl (C=O) groups excluding carboxylic acids is 1. The van der Waals surface area contributed by atoms with Gasteiger partial charge < -0.3 is 9.64 Å². The normalized spacial score (nSPS) is 13.4. The van der Waals surface area contributed by atoms with Crippen molar-refractivity contribution in [2.45, 2.75) is 79.8 Å². The fourth-order valence-corrected chi connectivity index (χ4v) is 4.33. The van der Waals surface area contributed by atoms with Gasteiger partial charge in [-0.15, -0.1) is 0 Å². The molecule has 194 valence electrons. The molecule has 0 unspecified atom stereocenters. The molecule has 3 aromatic rings. The molecule has 1 aliphatic heterocycles. The summed E-state index contributed by atoms with van der Waals surface area (Å²) in [5.74, 6) is 0.932. The van der Waals surface area contributed by atoms with Crippen LogP contribution in [-0.4, -0.2) is 28.9 Å². The first-order valence-electron chi connectivity index (χ1n) is 13.5. The van der Waals surface area contributed by atoms with Crippen LogP contribution in [-0.2, 0) is 18.4 Å². The van der Waals surface area contributed by atoms with Gasteiger partial charge in [0.1, 0.15) is 18.1 Å². The summed E-state index contributed by atoms with van der Waals surface area (Å²) in [7, 11) is 0. The number of hydrogen-bond donors (Lipinski definition) is 0. The summed E-state index contributed by atoms with van der Waals surface area (Å²) in [5, 5.41) is 0. The summed E-state index contributed by atoms with van der Waals surface area (Å²) in [6.07, 6.45) is 5.03. The Bertz CT molecular complexity index is 1070. The van der Waals surface area contributed by atoms with Crippen LogP contribution in [0.5, 0.6) is 5.75 Å². The molecule has 0 atom stereocenters. The fraction of sp³-hybridized carbons (Fsp3) is 0.438. The van der Waals surface area contributed by atoms with E-state index >= 15 is 0 Å². The maximum Gasteiger partial charge on any atom is 0.272 e. The maximum atomic E-state index is 13.0. The molecule has 36 heavy (non-hydrogen) atoms. The zero-order chi connectivity index (χ0) is 26.6. The summed E-state index contributed by atoms with van der Waals surface area (Å²) in [4.78, 5) is 19.2. The molecule has 0 aliphatic carbocycles. The average molecular weight is 489 g/mol. The van der Waals surface area contributed by atoms with Gasteiger partial charge in [-0.1, -0.05) is 90.4 Å². The van der Waals surface area contributed by atoms with Crippen molar-refractivity contribution in [1.82, 2.24) is 9.88 Å². The number of pyridine rings is 1. The fourth-order valence-electron chi connectivity index (χ4n) is 4.33. The smallest absolute Gasteiger partial charge is 0.272 e. The van der Waals surface area contributed by atoms with Gasteiger partial charge in [-0.2, -0.15) is 0 Å². The number of hydrogen-bond acceptors (Lipinski definition) is 3. The second kappa shape index (κ2) is 14.4. The molecule has 1 amide bonds. The number of aryl methyl sites for hydroxylation is 2. The third-order valence-corrected chi connectivity index (χ3v) is 6.34. The van der Waals surface area contributed by atoms with Crippen molar-refractivity contribution < 1.29 is 9.53 Å². The topological polar surface area (TPSA) is 42.4 Å². The van der Waals surface area contributed by atoms with E-state index in [1.807, 2.05) is 62.9 Å². The highest BCUT2D eigenvalue weighted by Gasteiger charge is 2.43. The average Bonchev–Trinajstić information content (AvgIpc) is 2.92. The Labute approximate surface area is 218 Å². The number of aromatic nitrogens is 1. The molecule has 0 spiro atoms. The van der Waals surface area contributed by atoms with E-state index in [-0.39, 0.29) is 11.3 Å². The molecule has 2 heterocycles. The zero-order valence-electron chi connectivity index (χ0n) is 23.3. The van der Waals surface area contributed by atoms with Crippen LogP contribution in [0.25, 0.3) is 0 Å². The second-order valence-corrected chi connectivity index (χ2v) is 9.13. The third-order valence-electron chi connectivity index (χ3n) is 6.34. The highest BCUT2D eigenvalue weighted by molar-refractivity contribution is 5.93. The monoisotopic (exact) mass is 488 g/mol. The van der Waals surface area contributed by atoms with E-state index in [1.165, 1.54) is 11.1 Å². The Balaban J connectivity index is 0.00000109. The standard InChI is InChI=1S/C28H32N2O2.2C2H6/c1-4-5-9-22-14-15-29-25(17-22)27(31)30-19-28(3,20-30)24-12-13-26(21(2)16-24)32-18-23-10-7-6-8-11-23;2*1-2/h6-8,10-17H,4-5,9,18-20H2,1-3H3;2*1-2H3. The van der Waals surface area contributed by atoms with E-state index in [4.69, 9.17) is 4.74 Å².